The van der Waals surface area contributed by atoms with Crippen LogP contribution >= 0.6 is 11.3 Å². The monoisotopic (exact) mass is 958 g/mol. The number of fused-ring (bicyclic) bond motifs is 6. The highest BCUT2D eigenvalue weighted by Crippen LogP contribution is 2.42. The van der Waals surface area contributed by atoms with Crippen molar-refractivity contribution in [3.63, 3.8) is 0 Å². The van der Waals surface area contributed by atoms with Gasteiger partial charge in [-0.25, -0.2) is 0 Å². The Morgan fingerprint density at radius 2 is 0.644 bits per heavy atom. The molecular weight excluding hydrogens is 909 g/mol. The molecule has 0 spiro atoms. The maximum atomic E-state index is 4.89. The van der Waals surface area contributed by atoms with Gasteiger partial charge in [-0.3, -0.25) is 0 Å². The molecule has 0 atom stereocenters. The van der Waals surface area contributed by atoms with Crippen molar-refractivity contribution >= 4 is 89.1 Å². The summed E-state index contributed by atoms with van der Waals surface area (Å²) >= 11 is 1.63. The molecule has 13 rings (SSSR count). The van der Waals surface area contributed by atoms with Gasteiger partial charge in [0.05, 0.1) is 22.1 Å². The van der Waals surface area contributed by atoms with Gasteiger partial charge in [0.15, 0.2) is 0 Å². The largest absolute Gasteiger partial charge is 0.310 e. The van der Waals surface area contributed by atoms with Crippen LogP contribution in [0.2, 0.25) is 0 Å². The number of hydrogen-bond acceptors (Lipinski definition) is 5. The lowest BCUT2D eigenvalue weighted by Crippen LogP contribution is -2.10. The highest BCUT2D eigenvalue weighted by molar-refractivity contribution is 7.17. The fourth-order valence-corrected chi connectivity index (χ4v) is 11.3. The Hall–Kier alpha value is -9.04. The Balaban J connectivity index is 0.895. The van der Waals surface area contributed by atoms with E-state index in [0.717, 1.165) is 88.7 Å². The molecule has 0 amide bonds. The van der Waals surface area contributed by atoms with E-state index in [1.54, 1.807) is 11.3 Å². The first-order chi connectivity index (χ1) is 35.8. The second kappa shape index (κ2) is 18.0. The summed E-state index contributed by atoms with van der Waals surface area (Å²) in [6, 6.07) is 83.7. The lowest BCUT2D eigenvalue weighted by Gasteiger charge is -2.26. The summed E-state index contributed by atoms with van der Waals surface area (Å²) < 4.78 is 4.79. The second-order valence-corrected chi connectivity index (χ2v) is 20.1. The third kappa shape index (κ3) is 7.91. The lowest BCUT2D eigenvalue weighted by molar-refractivity contribution is 1.10. The SMILES string of the molecule is Cc1ccc(N(c2ccc(C)cc2)c2cccc(-n3c4ccccc4c4ccc(-c5nnc(-c6ccc7c8ccccc8n(-c8cccc(N(c9ccc(C)cc9)c9ccc(C)cc9)c8)c7c6)s5)cc43)c2)cc1. The van der Waals surface area contributed by atoms with E-state index >= 15 is 0 Å². The summed E-state index contributed by atoms with van der Waals surface area (Å²) in [5.41, 5.74) is 20.2. The summed E-state index contributed by atoms with van der Waals surface area (Å²) in [5, 5.41) is 16.3. The first kappa shape index (κ1) is 43.9. The van der Waals surface area contributed by atoms with Crippen molar-refractivity contribution < 1.29 is 0 Å². The summed E-state index contributed by atoms with van der Waals surface area (Å²) in [4.78, 5) is 4.68. The molecule has 0 aliphatic heterocycles. The minimum absolute atomic E-state index is 0.869. The van der Waals surface area contributed by atoms with Crippen LogP contribution in [0.5, 0.6) is 0 Å². The summed E-state index contributed by atoms with van der Waals surface area (Å²) in [6.07, 6.45) is 0. The third-order valence-electron chi connectivity index (χ3n) is 14.1. The normalized spacial score (nSPS) is 11.6. The molecule has 6 nitrogen and oxygen atoms in total. The molecule has 0 bridgehead atoms. The highest BCUT2D eigenvalue weighted by atomic mass is 32.1. The van der Waals surface area contributed by atoms with E-state index in [1.807, 2.05) is 0 Å². The molecule has 0 radical (unpaired) electrons. The van der Waals surface area contributed by atoms with E-state index in [-0.39, 0.29) is 0 Å². The topological polar surface area (TPSA) is 42.1 Å². The van der Waals surface area contributed by atoms with Crippen LogP contribution in [0.3, 0.4) is 0 Å². The van der Waals surface area contributed by atoms with Crippen LogP contribution in [-0.4, -0.2) is 19.3 Å². The summed E-state index contributed by atoms with van der Waals surface area (Å²) in [5.74, 6) is 0. The maximum absolute atomic E-state index is 4.89. The predicted octanol–water partition coefficient (Wildman–Crippen LogP) is 18.2. The van der Waals surface area contributed by atoms with Gasteiger partial charge in [-0.15, -0.1) is 10.2 Å². The Labute approximate surface area is 428 Å². The van der Waals surface area contributed by atoms with Crippen molar-refractivity contribution in [2.45, 2.75) is 27.7 Å². The van der Waals surface area contributed by atoms with Gasteiger partial charge < -0.3 is 18.9 Å². The first-order valence-corrected chi connectivity index (χ1v) is 25.6. The molecule has 0 aliphatic carbocycles. The fraction of sp³-hybridized carbons (Fsp3) is 0.0606. The van der Waals surface area contributed by atoms with E-state index < -0.39 is 0 Å². The molecule has 0 unspecified atom stereocenters. The van der Waals surface area contributed by atoms with Crippen LogP contribution in [0.25, 0.3) is 76.1 Å². The second-order valence-electron chi connectivity index (χ2n) is 19.1. The molecule has 0 N–H and O–H groups in total. The summed E-state index contributed by atoms with van der Waals surface area (Å²) in [7, 11) is 0. The van der Waals surface area contributed by atoms with Crippen LogP contribution in [-0.2, 0) is 0 Å². The van der Waals surface area contributed by atoms with Gasteiger partial charge in [0.25, 0.3) is 0 Å². The molecule has 0 aliphatic rings. The number of aromatic nitrogens is 4. The zero-order valence-corrected chi connectivity index (χ0v) is 41.8. The average Bonchev–Trinajstić information content (AvgIpc) is 4.14. The molecular formula is C66H50N6S. The number of nitrogens with zero attached hydrogens (tertiary/aromatic N) is 6. The zero-order chi connectivity index (χ0) is 49.2. The first-order valence-electron chi connectivity index (χ1n) is 24.8. The van der Waals surface area contributed by atoms with E-state index in [1.165, 1.54) is 43.8 Å². The van der Waals surface area contributed by atoms with Gasteiger partial charge in [-0.1, -0.05) is 155 Å². The third-order valence-corrected chi connectivity index (χ3v) is 15.1. The Bertz CT molecular complexity index is 3820. The number of aryl methyl sites for hydroxylation is 4. The van der Waals surface area contributed by atoms with Crippen molar-refractivity contribution in [3.05, 3.63) is 253 Å². The molecule has 7 heteroatoms. The van der Waals surface area contributed by atoms with E-state index in [0.29, 0.717) is 0 Å². The quantitative estimate of drug-likeness (QED) is 0.137. The Morgan fingerprint density at radius 1 is 0.301 bits per heavy atom. The lowest BCUT2D eigenvalue weighted by atomic mass is 10.1. The van der Waals surface area contributed by atoms with Gasteiger partial charge in [0, 0.05) is 78.2 Å². The van der Waals surface area contributed by atoms with Crippen LogP contribution < -0.4 is 9.80 Å². The smallest absolute Gasteiger partial charge is 0.148 e. The minimum Gasteiger partial charge on any atom is -0.310 e. The molecule has 3 aromatic heterocycles. The molecule has 13 aromatic rings. The number of rotatable bonds is 10. The molecule has 350 valence electrons. The maximum Gasteiger partial charge on any atom is 0.148 e. The standard InChI is InChI=1S/C66H50N6S/c1-43-19-29-49(30-20-43)69(50-31-21-44(2)22-32-50)53-11-9-13-55(41-53)71-61-17-7-5-15-57(61)59-37-27-47(39-63(59)71)65-67-68-66(73-65)48-28-38-60-58-16-6-8-18-62(58)72(64(60)40-48)56-14-10-12-54(42-56)70(51-33-23-45(3)24-34-51)52-35-25-46(4)26-36-52/h5-42H,1-4H3. The van der Waals surface area contributed by atoms with Crippen LogP contribution in [0, 0.1) is 27.7 Å². The zero-order valence-electron chi connectivity index (χ0n) is 41.0. The van der Waals surface area contributed by atoms with Crippen molar-refractivity contribution in [2.75, 3.05) is 9.80 Å². The van der Waals surface area contributed by atoms with Crippen molar-refractivity contribution in [1.82, 2.24) is 19.3 Å². The Morgan fingerprint density at radius 3 is 1.01 bits per heavy atom. The van der Waals surface area contributed by atoms with Gasteiger partial charge in [-0.05, 0) is 137 Å². The molecule has 0 fully saturated rings. The van der Waals surface area contributed by atoms with E-state index in [9.17, 15) is 0 Å². The van der Waals surface area contributed by atoms with Gasteiger partial charge in [-0.2, -0.15) is 0 Å². The van der Waals surface area contributed by atoms with Gasteiger partial charge >= 0.3 is 0 Å². The van der Waals surface area contributed by atoms with Crippen molar-refractivity contribution in [1.29, 1.82) is 0 Å². The van der Waals surface area contributed by atoms with E-state index in [2.05, 4.69) is 277 Å². The predicted molar refractivity (Wildman–Crippen MR) is 308 cm³/mol. The highest BCUT2D eigenvalue weighted by Gasteiger charge is 2.21. The van der Waals surface area contributed by atoms with Crippen LogP contribution in [0.15, 0.2) is 231 Å². The van der Waals surface area contributed by atoms with Gasteiger partial charge in [0.1, 0.15) is 10.0 Å². The van der Waals surface area contributed by atoms with Crippen molar-refractivity contribution in [2.24, 2.45) is 0 Å². The number of anilines is 6. The van der Waals surface area contributed by atoms with Crippen LogP contribution in [0.1, 0.15) is 22.3 Å². The molecule has 3 heterocycles. The van der Waals surface area contributed by atoms with Crippen LogP contribution in [0.4, 0.5) is 34.1 Å². The van der Waals surface area contributed by atoms with E-state index in [4.69, 9.17) is 10.2 Å². The Kier molecular flexibility index (Phi) is 10.8. The van der Waals surface area contributed by atoms with Crippen molar-refractivity contribution in [3.8, 4) is 32.5 Å². The molecule has 0 saturated heterocycles. The number of benzene rings is 10. The molecule has 10 aromatic carbocycles. The van der Waals surface area contributed by atoms with Gasteiger partial charge in [0.2, 0.25) is 0 Å². The average molecular weight is 959 g/mol. The number of para-hydroxylation sites is 2. The fourth-order valence-electron chi connectivity index (χ4n) is 10.4. The summed E-state index contributed by atoms with van der Waals surface area (Å²) in [6.45, 7) is 8.53. The minimum atomic E-state index is 0.869. The molecule has 0 saturated carbocycles. The molecule has 73 heavy (non-hydrogen) atoms. The number of hydrogen-bond donors (Lipinski definition) is 0.